The lowest BCUT2D eigenvalue weighted by molar-refractivity contribution is 0.0524. The second-order valence-electron chi connectivity index (χ2n) is 3.46. The number of unbranched alkanes of at least 4 members (excludes halogenated alkanes) is 1. The van der Waals surface area contributed by atoms with Crippen LogP contribution in [-0.2, 0) is 4.74 Å². The van der Waals surface area contributed by atoms with E-state index in [4.69, 9.17) is 4.74 Å². The predicted molar refractivity (Wildman–Crippen MR) is 64.5 cm³/mol. The van der Waals surface area contributed by atoms with Crippen LogP contribution in [0.5, 0.6) is 0 Å². The summed E-state index contributed by atoms with van der Waals surface area (Å²) in [7, 11) is 0. The number of aryl methyl sites for hydroxylation is 1. The molecular formula is C13H16N2O2. The van der Waals surface area contributed by atoms with Gasteiger partial charge >= 0.3 is 5.97 Å². The monoisotopic (exact) mass is 232 g/mol. The number of rotatable bonds is 3. The van der Waals surface area contributed by atoms with Gasteiger partial charge in [0.15, 0.2) is 0 Å². The summed E-state index contributed by atoms with van der Waals surface area (Å²) in [5.41, 5.74) is 0.993. The highest BCUT2D eigenvalue weighted by atomic mass is 16.5. The fourth-order valence-electron chi connectivity index (χ4n) is 1.20. The Balaban J connectivity index is 2.87. The Hall–Kier alpha value is -1.89. The molecule has 0 N–H and O–H groups in total. The highest BCUT2D eigenvalue weighted by Gasteiger charge is 2.11. The average molecular weight is 232 g/mol. The first-order valence-corrected chi connectivity index (χ1v) is 5.68. The van der Waals surface area contributed by atoms with Gasteiger partial charge in [-0.05, 0) is 26.2 Å². The maximum atomic E-state index is 11.5. The second kappa shape index (κ2) is 6.64. The van der Waals surface area contributed by atoms with Crippen molar-refractivity contribution in [1.82, 2.24) is 9.97 Å². The van der Waals surface area contributed by atoms with Crippen LogP contribution >= 0.6 is 0 Å². The molecule has 0 radical (unpaired) electrons. The summed E-state index contributed by atoms with van der Waals surface area (Å²) in [6.07, 6.45) is 3.30. The van der Waals surface area contributed by atoms with E-state index in [-0.39, 0.29) is 0 Å². The highest BCUT2D eigenvalue weighted by Crippen LogP contribution is 2.05. The third-order valence-corrected chi connectivity index (χ3v) is 2.05. The topological polar surface area (TPSA) is 52.1 Å². The van der Waals surface area contributed by atoms with Crippen molar-refractivity contribution >= 4 is 5.97 Å². The van der Waals surface area contributed by atoms with Gasteiger partial charge < -0.3 is 4.74 Å². The van der Waals surface area contributed by atoms with Crippen molar-refractivity contribution in [3.8, 4) is 11.8 Å². The number of nitrogens with zero attached hydrogens (tertiary/aromatic N) is 2. The van der Waals surface area contributed by atoms with E-state index in [0.29, 0.717) is 23.7 Å². The molecule has 0 saturated heterocycles. The molecule has 0 unspecified atom stereocenters. The summed E-state index contributed by atoms with van der Waals surface area (Å²) in [6, 6.07) is 0. The molecule has 1 aromatic rings. The maximum Gasteiger partial charge on any atom is 0.341 e. The van der Waals surface area contributed by atoms with Gasteiger partial charge in [0, 0.05) is 12.6 Å². The van der Waals surface area contributed by atoms with Crippen molar-refractivity contribution in [1.29, 1.82) is 0 Å². The molecule has 4 nitrogen and oxygen atoms in total. The van der Waals surface area contributed by atoms with Crippen LogP contribution in [0.25, 0.3) is 0 Å². The van der Waals surface area contributed by atoms with Crippen molar-refractivity contribution in [2.75, 3.05) is 6.61 Å². The van der Waals surface area contributed by atoms with Crippen LogP contribution in [0.3, 0.4) is 0 Å². The number of ether oxygens (including phenoxy) is 1. The lowest BCUT2D eigenvalue weighted by Gasteiger charge is -2.03. The van der Waals surface area contributed by atoms with Gasteiger partial charge in [0.05, 0.1) is 17.9 Å². The number of hydrogen-bond donors (Lipinski definition) is 0. The van der Waals surface area contributed by atoms with Crippen molar-refractivity contribution in [3.63, 3.8) is 0 Å². The fourth-order valence-corrected chi connectivity index (χ4v) is 1.20. The van der Waals surface area contributed by atoms with Gasteiger partial charge in [-0.3, -0.25) is 0 Å². The van der Waals surface area contributed by atoms with Crippen molar-refractivity contribution < 1.29 is 9.53 Å². The summed E-state index contributed by atoms with van der Waals surface area (Å²) < 4.78 is 4.89. The van der Waals surface area contributed by atoms with Gasteiger partial charge in [-0.1, -0.05) is 12.8 Å². The van der Waals surface area contributed by atoms with E-state index < -0.39 is 5.97 Å². The first-order chi connectivity index (χ1) is 8.19. The Kier molecular flexibility index (Phi) is 5.15. The quantitative estimate of drug-likeness (QED) is 0.591. The molecule has 0 aliphatic carbocycles. The molecule has 1 rings (SSSR count). The molecule has 0 amide bonds. The molecule has 0 aliphatic rings. The summed E-state index contributed by atoms with van der Waals surface area (Å²) >= 11 is 0. The molecule has 0 fully saturated rings. The maximum absolute atomic E-state index is 11.5. The molecule has 0 spiro atoms. The van der Waals surface area contributed by atoms with Gasteiger partial charge in [-0.25, -0.2) is 14.8 Å². The lowest BCUT2D eigenvalue weighted by atomic mass is 10.2. The molecule has 1 heterocycles. The zero-order valence-electron chi connectivity index (χ0n) is 10.4. The van der Waals surface area contributed by atoms with E-state index in [1.165, 1.54) is 6.20 Å². The predicted octanol–water partition coefficient (Wildman–Crippen LogP) is 2.11. The molecule has 4 heteroatoms. The Labute approximate surface area is 101 Å². The highest BCUT2D eigenvalue weighted by molar-refractivity contribution is 5.90. The first-order valence-electron chi connectivity index (χ1n) is 5.68. The molecule has 1 aromatic heterocycles. The number of carbonyl (C=O) groups excluding carboxylic acids is 1. The molecule has 0 aliphatic heterocycles. The number of aromatic nitrogens is 2. The van der Waals surface area contributed by atoms with Gasteiger partial charge in [0.25, 0.3) is 0 Å². The van der Waals surface area contributed by atoms with Crippen LogP contribution in [0.2, 0.25) is 0 Å². The van der Waals surface area contributed by atoms with E-state index in [0.717, 1.165) is 12.8 Å². The molecule has 0 bridgehead atoms. The van der Waals surface area contributed by atoms with E-state index in [1.54, 1.807) is 13.8 Å². The minimum atomic E-state index is -0.391. The van der Waals surface area contributed by atoms with Crippen LogP contribution in [0.4, 0.5) is 0 Å². The Morgan fingerprint density at radius 1 is 1.47 bits per heavy atom. The molecular weight excluding hydrogens is 216 g/mol. The van der Waals surface area contributed by atoms with Gasteiger partial charge in [-0.15, -0.1) is 0 Å². The zero-order chi connectivity index (χ0) is 12.7. The summed E-state index contributed by atoms with van der Waals surface area (Å²) in [4.78, 5) is 19.7. The number of hydrogen-bond acceptors (Lipinski definition) is 4. The van der Waals surface area contributed by atoms with Crippen LogP contribution in [0, 0.1) is 18.8 Å². The van der Waals surface area contributed by atoms with Crippen LogP contribution in [-0.4, -0.2) is 22.5 Å². The standard InChI is InChI=1S/C13H16N2O2/c1-4-6-7-8-12-14-9-11(10(3)15-12)13(16)17-5-2/h9H,4-6H2,1-3H3. The second-order valence-corrected chi connectivity index (χ2v) is 3.46. The van der Waals surface area contributed by atoms with Crippen LogP contribution < -0.4 is 0 Å². The zero-order valence-corrected chi connectivity index (χ0v) is 10.4. The third-order valence-electron chi connectivity index (χ3n) is 2.05. The summed E-state index contributed by atoms with van der Waals surface area (Å²) in [5.74, 6) is 5.88. The van der Waals surface area contributed by atoms with Crippen molar-refractivity contribution in [2.24, 2.45) is 0 Å². The van der Waals surface area contributed by atoms with E-state index in [9.17, 15) is 4.79 Å². The molecule has 0 aromatic carbocycles. The SMILES string of the molecule is CCCC#Cc1ncc(C(=O)OCC)c(C)n1. The normalized spacial score (nSPS) is 9.35. The smallest absolute Gasteiger partial charge is 0.341 e. The molecule has 0 saturated carbocycles. The number of carbonyl (C=O) groups is 1. The molecule has 17 heavy (non-hydrogen) atoms. The Morgan fingerprint density at radius 3 is 2.82 bits per heavy atom. The average Bonchev–Trinajstić information content (AvgIpc) is 2.29. The van der Waals surface area contributed by atoms with Gasteiger partial charge in [0.1, 0.15) is 0 Å². The molecule has 90 valence electrons. The minimum Gasteiger partial charge on any atom is -0.462 e. The first kappa shape index (κ1) is 13.2. The third kappa shape index (κ3) is 3.87. The molecule has 0 atom stereocenters. The Morgan fingerprint density at radius 2 is 2.24 bits per heavy atom. The summed E-state index contributed by atoms with van der Waals surface area (Å²) in [5, 5.41) is 0. The lowest BCUT2D eigenvalue weighted by Crippen LogP contribution is -2.09. The fraction of sp³-hybridized carbons (Fsp3) is 0.462. The largest absolute Gasteiger partial charge is 0.462 e. The Bertz CT molecular complexity index is 458. The summed E-state index contributed by atoms with van der Waals surface area (Å²) in [6.45, 7) is 5.92. The number of esters is 1. The van der Waals surface area contributed by atoms with E-state index >= 15 is 0 Å². The van der Waals surface area contributed by atoms with Gasteiger partial charge in [-0.2, -0.15) is 0 Å². The van der Waals surface area contributed by atoms with Crippen LogP contribution in [0.15, 0.2) is 6.20 Å². The van der Waals surface area contributed by atoms with Crippen molar-refractivity contribution in [3.05, 3.63) is 23.3 Å². The minimum absolute atomic E-state index is 0.344. The van der Waals surface area contributed by atoms with E-state index in [1.807, 2.05) is 0 Å². The van der Waals surface area contributed by atoms with Crippen molar-refractivity contribution in [2.45, 2.75) is 33.6 Å². The van der Waals surface area contributed by atoms with Gasteiger partial charge in [0.2, 0.25) is 5.82 Å². The van der Waals surface area contributed by atoms with E-state index in [2.05, 4.69) is 28.7 Å². The van der Waals surface area contributed by atoms with Crippen LogP contribution in [0.1, 0.15) is 48.6 Å².